The van der Waals surface area contributed by atoms with Crippen molar-refractivity contribution in [1.82, 2.24) is 9.78 Å². The summed E-state index contributed by atoms with van der Waals surface area (Å²) in [5.74, 6) is 0. The molecule has 0 saturated carbocycles. The number of alkyl halides is 2. The Hall–Kier alpha value is -3.36. The second-order valence-electron chi connectivity index (χ2n) is 9.05. The van der Waals surface area contributed by atoms with Crippen LogP contribution in [0.25, 0.3) is 28.1 Å². The van der Waals surface area contributed by atoms with Crippen molar-refractivity contribution in [1.29, 1.82) is 0 Å². The van der Waals surface area contributed by atoms with Crippen LogP contribution in [-0.4, -0.2) is 18.2 Å². The summed E-state index contributed by atoms with van der Waals surface area (Å²) in [6.45, 7) is 6.28. The zero-order valence-corrected chi connectivity index (χ0v) is 19.9. The molecule has 3 aromatic carbocycles. The highest BCUT2D eigenvalue weighted by molar-refractivity contribution is 7.89. The third-order valence-electron chi connectivity index (χ3n) is 5.62. The predicted octanol–water partition coefficient (Wildman–Crippen LogP) is 6.09. The van der Waals surface area contributed by atoms with Crippen LogP contribution in [0.15, 0.2) is 83.8 Å². The first-order valence-electron chi connectivity index (χ1n) is 10.7. The summed E-state index contributed by atoms with van der Waals surface area (Å²) in [7, 11) is -3.90. The standard InChI is InChI=1S/C26H25F2N3O2S/c1-26(2,3)19-11-13-20(14-12-19)31-24(18-9-15-21(16-10-18)34(29,32)33)22(23(30-31)25(27)28)17-7-5-4-6-8-17/h4-16,25H,1-3H3,(H2,29,32,33). The van der Waals surface area contributed by atoms with Crippen LogP contribution in [0, 0.1) is 0 Å². The number of sulfonamides is 1. The maximum atomic E-state index is 14.2. The van der Waals surface area contributed by atoms with E-state index in [1.165, 1.54) is 16.8 Å². The van der Waals surface area contributed by atoms with E-state index in [-0.39, 0.29) is 16.0 Å². The molecule has 5 nitrogen and oxygen atoms in total. The Morgan fingerprint density at radius 1 is 0.853 bits per heavy atom. The van der Waals surface area contributed by atoms with Gasteiger partial charge in [0.25, 0.3) is 6.43 Å². The van der Waals surface area contributed by atoms with Crippen LogP contribution in [0.3, 0.4) is 0 Å². The maximum Gasteiger partial charge on any atom is 0.282 e. The van der Waals surface area contributed by atoms with Crippen molar-refractivity contribution in [3.8, 4) is 28.1 Å². The number of nitrogens with zero attached hydrogens (tertiary/aromatic N) is 2. The highest BCUT2D eigenvalue weighted by Gasteiger charge is 2.27. The number of benzene rings is 3. The summed E-state index contributed by atoms with van der Waals surface area (Å²) in [5, 5.41) is 9.56. The zero-order valence-electron chi connectivity index (χ0n) is 19.0. The van der Waals surface area contributed by atoms with Crippen molar-refractivity contribution in [2.45, 2.75) is 37.5 Å². The first kappa shape index (κ1) is 23.8. The number of hydrogen-bond donors (Lipinski definition) is 1. The van der Waals surface area contributed by atoms with Crippen LogP contribution >= 0.6 is 0 Å². The first-order chi connectivity index (χ1) is 16.0. The van der Waals surface area contributed by atoms with Crippen LogP contribution in [0.1, 0.15) is 38.5 Å². The molecule has 0 atom stereocenters. The molecule has 34 heavy (non-hydrogen) atoms. The lowest BCUT2D eigenvalue weighted by Gasteiger charge is -2.19. The van der Waals surface area contributed by atoms with Crippen molar-refractivity contribution < 1.29 is 17.2 Å². The van der Waals surface area contributed by atoms with E-state index in [2.05, 4.69) is 25.9 Å². The van der Waals surface area contributed by atoms with Crippen molar-refractivity contribution in [2.24, 2.45) is 5.14 Å². The van der Waals surface area contributed by atoms with Gasteiger partial charge in [-0.1, -0.05) is 75.4 Å². The van der Waals surface area contributed by atoms with Gasteiger partial charge in [-0.05, 0) is 40.8 Å². The third-order valence-corrected chi connectivity index (χ3v) is 6.55. The molecule has 0 spiro atoms. The van der Waals surface area contributed by atoms with Gasteiger partial charge >= 0.3 is 0 Å². The van der Waals surface area contributed by atoms with Gasteiger partial charge in [-0.3, -0.25) is 0 Å². The number of nitrogens with two attached hydrogens (primary N) is 1. The zero-order chi connectivity index (χ0) is 24.7. The van der Waals surface area contributed by atoms with Gasteiger partial charge in [-0.25, -0.2) is 27.0 Å². The molecule has 0 aliphatic carbocycles. The van der Waals surface area contributed by atoms with Gasteiger partial charge in [0.15, 0.2) is 0 Å². The van der Waals surface area contributed by atoms with E-state index in [1.54, 1.807) is 36.4 Å². The van der Waals surface area contributed by atoms with Crippen LogP contribution in [0.5, 0.6) is 0 Å². The molecule has 0 amide bonds. The lowest BCUT2D eigenvalue weighted by Crippen LogP contribution is -2.12. The Morgan fingerprint density at radius 3 is 1.94 bits per heavy atom. The second-order valence-corrected chi connectivity index (χ2v) is 10.6. The second kappa shape index (κ2) is 8.77. The van der Waals surface area contributed by atoms with E-state index in [0.29, 0.717) is 28.1 Å². The molecule has 0 aliphatic rings. The summed E-state index contributed by atoms with van der Waals surface area (Å²) in [6, 6.07) is 22.3. The van der Waals surface area contributed by atoms with E-state index >= 15 is 0 Å². The average Bonchev–Trinajstić information content (AvgIpc) is 3.20. The van der Waals surface area contributed by atoms with Gasteiger partial charge in [0.2, 0.25) is 10.0 Å². The topological polar surface area (TPSA) is 78.0 Å². The molecule has 0 unspecified atom stereocenters. The van der Waals surface area contributed by atoms with E-state index in [9.17, 15) is 17.2 Å². The van der Waals surface area contributed by atoms with Crippen molar-refractivity contribution in [3.63, 3.8) is 0 Å². The van der Waals surface area contributed by atoms with Crippen LogP contribution in [0.4, 0.5) is 8.78 Å². The molecular formula is C26H25F2N3O2S. The molecule has 1 aromatic heterocycles. The van der Waals surface area contributed by atoms with Crippen molar-refractivity contribution >= 4 is 10.0 Å². The molecule has 1 heterocycles. The molecule has 0 aliphatic heterocycles. The lowest BCUT2D eigenvalue weighted by atomic mass is 9.87. The minimum absolute atomic E-state index is 0.0628. The summed E-state index contributed by atoms with van der Waals surface area (Å²) in [4.78, 5) is -0.0628. The summed E-state index contributed by atoms with van der Waals surface area (Å²) in [6.07, 6.45) is -2.81. The Bertz CT molecular complexity index is 1410. The monoisotopic (exact) mass is 481 g/mol. The van der Waals surface area contributed by atoms with E-state index in [4.69, 9.17) is 5.14 Å². The molecule has 0 radical (unpaired) electrons. The molecule has 0 fully saturated rings. The normalized spacial score (nSPS) is 12.3. The molecule has 2 N–H and O–H groups in total. The molecule has 4 aromatic rings. The van der Waals surface area contributed by atoms with Gasteiger partial charge in [-0.2, -0.15) is 5.10 Å². The Balaban J connectivity index is 2.00. The van der Waals surface area contributed by atoms with Gasteiger partial charge in [0, 0.05) is 11.1 Å². The van der Waals surface area contributed by atoms with Gasteiger partial charge in [-0.15, -0.1) is 0 Å². The SMILES string of the molecule is CC(C)(C)c1ccc(-n2nc(C(F)F)c(-c3ccccc3)c2-c2ccc(S(N)(=O)=O)cc2)cc1. The minimum Gasteiger partial charge on any atom is -0.232 e. The van der Waals surface area contributed by atoms with Crippen LogP contribution < -0.4 is 5.14 Å². The fourth-order valence-corrected chi connectivity index (χ4v) is 4.35. The van der Waals surface area contributed by atoms with Gasteiger partial charge in [0.05, 0.1) is 16.3 Å². The van der Waals surface area contributed by atoms with E-state index < -0.39 is 16.4 Å². The van der Waals surface area contributed by atoms with E-state index in [0.717, 1.165) is 5.56 Å². The molecule has 0 bridgehead atoms. The molecule has 176 valence electrons. The third kappa shape index (κ3) is 4.64. The van der Waals surface area contributed by atoms with Crippen molar-refractivity contribution in [3.05, 3.63) is 90.1 Å². The Kier molecular flexibility index (Phi) is 6.14. The van der Waals surface area contributed by atoms with Crippen LogP contribution in [0.2, 0.25) is 0 Å². The summed E-state index contributed by atoms with van der Waals surface area (Å²) >= 11 is 0. The highest BCUT2D eigenvalue weighted by atomic mass is 32.2. The van der Waals surface area contributed by atoms with Gasteiger partial charge in [0.1, 0.15) is 5.69 Å². The highest BCUT2D eigenvalue weighted by Crippen LogP contribution is 2.40. The van der Waals surface area contributed by atoms with Gasteiger partial charge < -0.3 is 0 Å². The Morgan fingerprint density at radius 2 is 1.44 bits per heavy atom. The number of rotatable bonds is 5. The molecular weight excluding hydrogens is 456 g/mol. The average molecular weight is 482 g/mol. The molecule has 8 heteroatoms. The largest absolute Gasteiger partial charge is 0.282 e. The van der Waals surface area contributed by atoms with Crippen molar-refractivity contribution in [2.75, 3.05) is 0 Å². The minimum atomic E-state index is -3.90. The predicted molar refractivity (Wildman–Crippen MR) is 129 cm³/mol. The molecule has 4 rings (SSSR count). The summed E-state index contributed by atoms with van der Waals surface area (Å²) < 4.78 is 53.4. The fraction of sp³-hybridized carbons (Fsp3) is 0.192. The number of hydrogen-bond acceptors (Lipinski definition) is 3. The first-order valence-corrected chi connectivity index (χ1v) is 12.2. The molecule has 0 saturated heterocycles. The quantitative estimate of drug-likeness (QED) is 0.375. The number of primary sulfonamides is 1. The maximum absolute atomic E-state index is 14.2. The summed E-state index contributed by atoms with van der Waals surface area (Å²) in [5.41, 5.74) is 3.13. The smallest absolute Gasteiger partial charge is 0.232 e. The number of halogens is 2. The Labute approximate surface area is 197 Å². The number of aromatic nitrogens is 2. The van der Waals surface area contributed by atoms with E-state index in [1.807, 2.05) is 30.3 Å². The van der Waals surface area contributed by atoms with Crippen LogP contribution in [-0.2, 0) is 15.4 Å². The fourth-order valence-electron chi connectivity index (χ4n) is 3.84. The lowest BCUT2D eigenvalue weighted by molar-refractivity contribution is 0.146.